The lowest BCUT2D eigenvalue weighted by Gasteiger charge is -2.46. The minimum atomic E-state index is -0.760. The predicted octanol–water partition coefficient (Wildman–Crippen LogP) is 25.3. The molecule has 5 heterocycles. The Bertz CT molecular complexity index is 7420. The van der Waals surface area contributed by atoms with Crippen molar-refractivity contribution >= 4 is 101 Å². The molecule has 2 aliphatic rings. The summed E-state index contributed by atoms with van der Waals surface area (Å²) in [4.78, 5) is 20.1. The maximum atomic E-state index is 9.88. The quantitative estimate of drug-likeness (QED) is 0.128. The SMILES string of the molecule is [2H]c1c([2H])c([2H])c(-c2nc(-c3cc(C(C)(C)C)cc(-c4ccccc4)c3N3c4cc(-n5c6ccc(C(C)(C)C)cc6c6cc(C(C)(C)C)ccc65)ccc4B4c5ccc(-n6c7c([2H])c([2H])c([2H])c([2H])c7c7c([2H])c([2H])c([2H])c([2H])c76)cc5N(c5ccc(-c6ccccc6)cc5-c5ccccc5)c5cc(C(C)(C)C)cc3c54)nc(-c3c([2H])c([2H])c([2H])c([2H])c3[2H])n2)c([2H])c1[2H]. The van der Waals surface area contributed by atoms with Crippen LogP contribution in [-0.4, -0.2) is 30.8 Å². The minimum absolute atomic E-state index is 0.0535. The number of benzene rings is 14. The first-order valence-corrected chi connectivity index (χ1v) is 37.6. The van der Waals surface area contributed by atoms with E-state index in [1.54, 1.807) is 4.57 Å². The van der Waals surface area contributed by atoms with Crippen molar-refractivity contribution < 1.29 is 24.7 Å². The molecular formula is C103H88BN7. The highest BCUT2D eigenvalue weighted by Gasteiger charge is 2.46. The third-order valence-electron chi connectivity index (χ3n) is 22.0. The molecule has 0 saturated carbocycles. The molecule has 0 N–H and O–H groups in total. The number of hydrogen-bond donors (Lipinski definition) is 0. The Kier molecular flexibility index (Phi) is 12.1. The lowest BCUT2D eigenvalue weighted by atomic mass is 9.33. The second-order valence-corrected chi connectivity index (χ2v) is 33.2. The summed E-state index contributed by atoms with van der Waals surface area (Å²) in [6.45, 7) is 25.2. The van der Waals surface area contributed by atoms with Crippen molar-refractivity contribution in [3.63, 3.8) is 0 Å². The Morgan fingerprint density at radius 1 is 0.279 bits per heavy atom. The number of para-hydroxylation sites is 2. The smallest absolute Gasteiger partial charge is 0.252 e. The Hall–Kier alpha value is -12.6. The van der Waals surface area contributed by atoms with E-state index < -0.39 is 149 Å². The summed E-state index contributed by atoms with van der Waals surface area (Å²) in [5, 5.41) is 1.92. The second kappa shape index (κ2) is 26.0. The van der Waals surface area contributed by atoms with Crippen molar-refractivity contribution in [1.82, 2.24) is 24.1 Å². The Morgan fingerprint density at radius 2 is 0.703 bits per heavy atom. The molecule has 0 unspecified atom stereocenters. The van der Waals surface area contributed by atoms with E-state index in [1.165, 1.54) is 0 Å². The van der Waals surface area contributed by atoms with E-state index >= 15 is 0 Å². The van der Waals surface area contributed by atoms with Crippen molar-refractivity contribution in [1.29, 1.82) is 0 Å². The van der Waals surface area contributed by atoms with Crippen LogP contribution in [-0.2, 0) is 21.7 Å². The van der Waals surface area contributed by atoms with Gasteiger partial charge in [0.1, 0.15) is 0 Å². The van der Waals surface area contributed by atoms with E-state index in [-0.39, 0.29) is 38.5 Å². The van der Waals surface area contributed by atoms with Crippen LogP contribution in [0.1, 0.15) is 130 Å². The van der Waals surface area contributed by atoms with Crippen LogP contribution in [0.2, 0.25) is 0 Å². The van der Waals surface area contributed by atoms with Gasteiger partial charge in [0.25, 0.3) is 6.71 Å². The monoisotopic (exact) mass is 1450 g/mol. The van der Waals surface area contributed by atoms with Crippen LogP contribution in [0.5, 0.6) is 0 Å². The summed E-state index contributed by atoms with van der Waals surface area (Å²) < 4.78 is 172. The second-order valence-electron chi connectivity index (χ2n) is 33.2. The van der Waals surface area contributed by atoms with Gasteiger partial charge in [0.2, 0.25) is 0 Å². The lowest BCUT2D eigenvalue weighted by Crippen LogP contribution is -2.61. The molecule has 0 saturated heterocycles. The average molecular weight is 1450 g/mol. The fraction of sp³-hybridized carbons (Fsp3) is 0.155. The molecule has 111 heavy (non-hydrogen) atoms. The molecule has 17 aromatic rings. The predicted molar refractivity (Wildman–Crippen MR) is 470 cm³/mol. The Labute approximate surface area is 677 Å². The third kappa shape index (κ3) is 11.8. The molecule has 7 nitrogen and oxygen atoms in total. The van der Waals surface area contributed by atoms with Crippen LogP contribution in [0.4, 0.5) is 34.1 Å². The van der Waals surface area contributed by atoms with E-state index in [9.17, 15) is 13.7 Å². The van der Waals surface area contributed by atoms with Crippen LogP contribution >= 0.6 is 0 Å². The van der Waals surface area contributed by atoms with Gasteiger partial charge in [0.15, 0.2) is 17.5 Å². The summed E-state index contributed by atoms with van der Waals surface area (Å²) in [5.41, 5.74) is 15.1. The van der Waals surface area contributed by atoms with E-state index in [1.807, 2.05) is 91.0 Å². The van der Waals surface area contributed by atoms with Crippen LogP contribution in [0.25, 0.3) is 123 Å². The van der Waals surface area contributed by atoms with Gasteiger partial charge in [-0.1, -0.05) is 301 Å². The molecule has 2 aliphatic heterocycles. The maximum absolute atomic E-state index is 9.88. The van der Waals surface area contributed by atoms with Crippen molar-refractivity contribution in [3.8, 4) is 78.9 Å². The first-order valence-electron chi connectivity index (χ1n) is 46.6. The molecule has 538 valence electrons. The molecule has 0 aliphatic carbocycles. The Morgan fingerprint density at radius 3 is 1.21 bits per heavy atom. The highest BCUT2D eigenvalue weighted by molar-refractivity contribution is 7.00. The zero-order chi connectivity index (χ0) is 91.6. The van der Waals surface area contributed by atoms with Crippen molar-refractivity contribution in [2.24, 2.45) is 0 Å². The molecule has 19 rings (SSSR count). The van der Waals surface area contributed by atoms with Gasteiger partial charge in [-0.3, -0.25) is 0 Å². The fourth-order valence-corrected chi connectivity index (χ4v) is 16.2. The number of anilines is 6. The molecule has 8 heteroatoms. The van der Waals surface area contributed by atoms with Crippen molar-refractivity contribution in [2.45, 2.75) is 105 Å². The number of rotatable bonds is 10. The van der Waals surface area contributed by atoms with Gasteiger partial charge in [0, 0.05) is 83.5 Å². The van der Waals surface area contributed by atoms with Crippen molar-refractivity contribution in [3.05, 3.63) is 337 Å². The number of nitrogens with zero attached hydrogens (tertiary/aromatic N) is 7. The zero-order valence-corrected chi connectivity index (χ0v) is 63.8. The van der Waals surface area contributed by atoms with Crippen LogP contribution in [0, 0.1) is 0 Å². The molecule has 0 fully saturated rings. The third-order valence-corrected chi connectivity index (χ3v) is 22.0. The average Bonchev–Trinajstić information content (AvgIpc) is 1.41. The first-order chi connectivity index (χ1) is 61.0. The van der Waals surface area contributed by atoms with Gasteiger partial charge < -0.3 is 18.9 Å². The molecule has 0 radical (unpaired) electrons. The molecule has 3 aromatic heterocycles. The summed E-state index contributed by atoms with van der Waals surface area (Å²) in [5.74, 6) is -1.06. The molecule has 0 spiro atoms. The minimum Gasteiger partial charge on any atom is -0.311 e. The maximum Gasteiger partial charge on any atom is 0.252 e. The molecule has 0 amide bonds. The summed E-state index contributed by atoms with van der Waals surface area (Å²) >= 11 is 0. The van der Waals surface area contributed by atoms with Gasteiger partial charge in [-0.05, 0) is 180 Å². The molecular weight excluding hydrogens is 1350 g/mol. The zero-order valence-electron chi connectivity index (χ0n) is 81.8. The van der Waals surface area contributed by atoms with E-state index in [0.717, 1.165) is 94.0 Å². The summed E-state index contributed by atoms with van der Waals surface area (Å²) in [6, 6.07) is 59.9. The van der Waals surface area contributed by atoms with Gasteiger partial charge >= 0.3 is 0 Å². The first kappa shape index (κ1) is 51.6. The highest BCUT2D eigenvalue weighted by Crippen LogP contribution is 2.54. The van der Waals surface area contributed by atoms with Crippen molar-refractivity contribution in [2.75, 3.05) is 9.80 Å². The summed E-state index contributed by atoms with van der Waals surface area (Å²) in [7, 11) is 0. The van der Waals surface area contributed by atoms with E-state index in [2.05, 4.69) is 213 Å². The van der Waals surface area contributed by atoms with E-state index in [4.69, 9.17) is 25.9 Å². The van der Waals surface area contributed by atoms with Crippen LogP contribution in [0.15, 0.2) is 315 Å². The van der Waals surface area contributed by atoms with Gasteiger partial charge in [-0.2, -0.15) is 0 Å². The van der Waals surface area contributed by atoms with Gasteiger partial charge in [0.05, 0.1) is 58.1 Å². The van der Waals surface area contributed by atoms with Gasteiger partial charge in [-0.15, -0.1) is 0 Å². The number of hydrogen-bond acceptors (Lipinski definition) is 5. The number of aromatic nitrogens is 5. The molecule has 14 aromatic carbocycles. The number of fused-ring (bicyclic) bond motifs is 10. The lowest BCUT2D eigenvalue weighted by molar-refractivity contribution is 0.590. The Balaban J connectivity index is 1.02. The van der Waals surface area contributed by atoms with Crippen LogP contribution < -0.4 is 26.2 Å². The topological polar surface area (TPSA) is 55.0 Å². The van der Waals surface area contributed by atoms with E-state index in [0.29, 0.717) is 50.9 Å². The molecule has 0 bridgehead atoms. The summed E-state index contributed by atoms with van der Waals surface area (Å²) in [6.07, 6.45) is 0. The molecule has 0 atom stereocenters. The highest BCUT2D eigenvalue weighted by atomic mass is 15.2. The van der Waals surface area contributed by atoms with Crippen LogP contribution in [0.3, 0.4) is 0 Å². The standard InChI is InChI=1S/C103H88BN7/c1-100(2,3)71-47-54-89-81(57-71)82-58-72(101(4,5)6)48-55-90(82)109(89)76-50-52-85-92(64-76)111(96-80(67-36-22-15-23-37-67)59-73(102(7,8)9)60-83(96)99-106-97(68-38-24-16-25-39-68)105-98(107-99)69-40-26-17-27-41-69)94-62-74(103(10,11)12)61-93-95(94)104(85)84-51-49-75(108-86-44-30-28-42-77(86)78-43-29-31-45-87(78)108)63-91(84)110(93)88-53-46-70(65-32-18-13-19-33-65)56-79(88)66-34-20-14-21-35-66/h13-64H,1-12H3/i16D,17D,24D,25D,26D,27D,28D,29D,30D,31D,38D,39D,40D,41D,42D,43D,44D,45D. The normalized spacial score (nSPS) is 15.3. The van der Waals surface area contributed by atoms with Gasteiger partial charge in [-0.25, -0.2) is 15.0 Å². The largest absolute Gasteiger partial charge is 0.311 e. The fourth-order valence-electron chi connectivity index (χ4n) is 16.2.